The van der Waals surface area contributed by atoms with Crippen molar-refractivity contribution in [1.82, 2.24) is 0 Å². The van der Waals surface area contributed by atoms with Crippen LogP contribution in [0.5, 0.6) is 0 Å². The van der Waals surface area contributed by atoms with Crippen molar-refractivity contribution in [3.8, 4) is 0 Å². The molecule has 0 aromatic heterocycles. The van der Waals surface area contributed by atoms with E-state index in [2.05, 4.69) is 13.8 Å². The van der Waals surface area contributed by atoms with E-state index in [1.807, 2.05) is 0 Å². The summed E-state index contributed by atoms with van der Waals surface area (Å²) >= 11 is 0. The normalized spacial score (nSPS) is 22.0. The van der Waals surface area contributed by atoms with Gasteiger partial charge in [-0.05, 0) is 12.3 Å². The molecule has 1 saturated heterocycles. The average molecular weight is 173 g/mol. The lowest BCUT2D eigenvalue weighted by Crippen LogP contribution is -2.28. The highest BCUT2D eigenvalue weighted by Gasteiger charge is 2.19. The third-order valence-corrected chi connectivity index (χ3v) is 1.96. The van der Waals surface area contributed by atoms with E-state index in [-0.39, 0.29) is 12.3 Å². The van der Waals surface area contributed by atoms with Gasteiger partial charge in [0.2, 0.25) is 0 Å². The number of hydrogen-bond donors (Lipinski definition) is 1. The quantitative estimate of drug-likeness (QED) is 0.693. The van der Waals surface area contributed by atoms with E-state index in [1.54, 1.807) is 0 Å². The van der Waals surface area contributed by atoms with Crippen molar-refractivity contribution in [3.63, 3.8) is 0 Å². The maximum atomic E-state index is 5.89. The van der Waals surface area contributed by atoms with E-state index in [0.29, 0.717) is 5.92 Å². The molecule has 0 amide bonds. The second kappa shape index (κ2) is 4.80. The molecule has 3 heteroatoms. The van der Waals surface area contributed by atoms with Crippen LogP contribution in [0.2, 0.25) is 0 Å². The van der Waals surface area contributed by atoms with Gasteiger partial charge in [0.05, 0.1) is 13.2 Å². The Morgan fingerprint density at radius 3 is 2.42 bits per heavy atom. The van der Waals surface area contributed by atoms with E-state index in [4.69, 9.17) is 15.2 Å². The van der Waals surface area contributed by atoms with Crippen molar-refractivity contribution in [2.45, 2.75) is 39.0 Å². The minimum atomic E-state index is -0.0428. The standard InChI is InChI=1S/C9H19NO2/c1-7(2)5-8(10)6-9-11-3-4-12-9/h7-9H,3-6,10H2,1-2H3/t8-/m0/s1. The summed E-state index contributed by atoms with van der Waals surface area (Å²) in [6.07, 6.45) is 1.83. The van der Waals surface area contributed by atoms with Gasteiger partial charge in [-0.2, -0.15) is 0 Å². The molecule has 1 heterocycles. The Bertz CT molecular complexity index is 122. The fourth-order valence-electron chi connectivity index (χ4n) is 1.49. The van der Waals surface area contributed by atoms with Crippen LogP contribution in [0.25, 0.3) is 0 Å². The van der Waals surface area contributed by atoms with Crippen LogP contribution >= 0.6 is 0 Å². The van der Waals surface area contributed by atoms with E-state index < -0.39 is 0 Å². The first-order valence-corrected chi connectivity index (χ1v) is 4.67. The zero-order valence-corrected chi connectivity index (χ0v) is 7.95. The molecule has 0 aromatic rings. The highest BCUT2D eigenvalue weighted by molar-refractivity contribution is 4.67. The van der Waals surface area contributed by atoms with Crippen molar-refractivity contribution in [2.24, 2.45) is 11.7 Å². The van der Waals surface area contributed by atoms with Crippen molar-refractivity contribution < 1.29 is 9.47 Å². The monoisotopic (exact) mass is 173 g/mol. The summed E-state index contributed by atoms with van der Waals surface area (Å²) in [7, 11) is 0. The number of nitrogens with two attached hydrogens (primary N) is 1. The SMILES string of the molecule is CC(C)C[C@H](N)CC1OCCO1. The topological polar surface area (TPSA) is 44.5 Å². The van der Waals surface area contributed by atoms with Crippen molar-refractivity contribution in [1.29, 1.82) is 0 Å². The number of rotatable bonds is 4. The maximum absolute atomic E-state index is 5.89. The summed E-state index contributed by atoms with van der Waals surface area (Å²) in [6.45, 7) is 5.80. The minimum Gasteiger partial charge on any atom is -0.350 e. The maximum Gasteiger partial charge on any atom is 0.159 e. The van der Waals surface area contributed by atoms with E-state index >= 15 is 0 Å². The second-order valence-electron chi connectivity index (χ2n) is 3.80. The molecule has 0 saturated carbocycles. The molecule has 3 nitrogen and oxygen atoms in total. The summed E-state index contributed by atoms with van der Waals surface area (Å²) in [5, 5.41) is 0. The van der Waals surface area contributed by atoms with Crippen LogP contribution < -0.4 is 5.73 Å². The lowest BCUT2D eigenvalue weighted by molar-refractivity contribution is -0.0514. The Morgan fingerprint density at radius 2 is 1.92 bits per heavy atom. The molecule has 0 bridgehead atoms. The molecule has 0 aromatic carbocycles. The molecule has 2 N–H and O–H groups in total. The first-order valence-electron chi connectivity index (χ1n) is 4.67. The Hall–Kier alpha value is -0.120. The van der Waals surface area contributed by atoms with Gasteiger partial charge in [-0.15, -0.1) is 0 Å². The Morgan fingerprint density at radius 1 is 1.33 bits per heavy atom. The first-order chi connectivity index (χ1) is 5.68. The molecule has 0 unspecified atom stereocenters. The zero-order valence-electron chi connectivity index (χ0n) is 7.95. The minimum absolute atomic E-state index is 0.0428. The van der Waals surface area contributed by atoms with Gasteiger partial charge in [0, 0.05) is 12.5 Å². The molecular formula is C9H19NO2. The summed E-state index contributed by atoms with van der Waals surface area (Å²) in [6, 6.07) is 0.216. The second-order valence-corrected chi connectivity index (χ2v) is 3.80. The molecule has 1 aliphatic heterocycles. The van der Waals surface area contributed by atoms with Crippen molar-refractivity contribution in [2.75, 3.05) is 13.2 Å². The van der Waals surface area contributed by atoms with Gasteiger partial charge in [0.15, 0.2) is 6.29 Å². The van der Waals surface area contributed by atoms with Gasteiger partial charge in [0.25, 0.3) is 0 Å². The predicted octanol–water partition coefficient (Wildman–Crippen LogP) is 1.12. The summed E-state index contributed by atoms with van der Waals surface area (Å²) < 4.78 is 10.6. The highest BCUT2D eigenvalue weighted by atomic mass is 16.7. The highest BCUT2D eigenvalue weighted by Crippen LogP contribution is 2.13. The van der Waals surface area contributed by atoms with Crippen LogP contribution in [0.4, 0.5) is 0 Å². The summed E-state index contributed by atoms with van der Waals surface area (Å²) in [4.78, 5) is 0. The van der Waals surface area contributed by atoms with E-state index in [1.165, 1.54) is 0 Å². The molecule has 1 rings (SSSR count). The molecule has 0 aliphatic carbocycles. The van der Waals surface area contributed by atoms with Crippen LogP contribution in [0.1, 0.15) is 26.7 Å². The van der Waals surface area contributed by atoms with Crippen LogP contribution in [0.15, 0.2) is 0 Å². The van der Waals surface area contributed by atoms with Crippen LogP contribution in [-0.4, -0.2) is 25.5 Å². The average Bonchev–Trinajstić information content (AvgIpc) is 2.37. The Labute approximate surface area is 74.2 Å². The van der Waals surface area contributed by atoms with Gasteiger partial charge in [-0.3, -0.25) is 0 Å². The van der Waals surface area contributed by atoms with Crippen molar-refractivity contribution >= 4 is 0 Å². The molecular weight excluding hydrogens is 154 g/mol. The Kier molecular flexibility index (Phi) is 3.98. The smallest absolute Gasteiger partial charge is 0.159 e. The van der Waals surface area contributed by atoms with Gasteiger partial charge in [-0.25, -0.2) is 0 Å². The van der Waals surface area contributed by atoms with Crippen LogP contribution in [0, 0.1) is 5.92 Å². The third kappa shape index (κ3) is 3.52. The van der Waals surface area contributed by atoms with E-state index in [0.717, 1.165) is 26.1 Å². The molecule has 1 atom stereocenters. The van der Waals surface area contributed by atoms with Gasteiger partial charge in [-0.1, -0.05) is 13.8 Å². The lowest BCUT2D eigenvalue weighted by atomic mass is 10.0. The first kappa shape index (κ1) is 9.96. The van der Waals surface area contributed by atoms with Crippen molar-refractivity contribution in [3.05, 3.63) is 0 Å². The zero-order chi connectivity index (χ0) is 8.97. The summed E-state index contributed by atoms with van der Waals surface area (Å²) in [5.74, 6) is 0.654. The number of ether oxygens (including phenoxy) is 2. The van der Waals surface area contributed by atoms with Crippen LogP contribution in [-0.2, 0) is 9.47 Å². The van der Waals surface area contributed by atoms with E-state index in [9.17, 15) is 0 Å². The number of hydrogen-bond acceptors (Lipinski definition) is 3. The fraction of sp³-hybridized carbons (Fsp3) is 1.00. The summed E-state index contributed by atoms with van der Waals surface area (Å²) in [5.41, 5.74) is 5.89. The molecule has 12 heavy (non-hydrogen) atoms. The van der Waals surface area contributed by atoms with Gasteiger partial charge in [0.1, 0.15) is 0 Å². The fourth-order valence-corrected chi connectivity index (χ4v) is 1.49. The Balaban J connectivity index is 2.11. The third-order valence-electron chi connectivity index (χ3n) is 1.96. The molecule has 1 fully saturated rings. The van der Waals surface area contributed by atoms with Gasteiger partial charge < -0.3 is 15.2 Å². The van der Waals surface area contributed by atoms with Gasteiger partial charge >= 0.3 is 0 Å². The molecule has 0 radical (unpaired) electrons. The predicted molar refractivity (Wildman–Crippen MR) is 47.7 cm³/mol. The molecule has 0 spiro atoms. The molecule has 72 valence electrons. The molecule has 1 aliphatic rings. The largest absolute Gasteiger partial charge is 0.350 e. The van der Waals surface area contributed by atoms with Crippen LogP contribution in [0.3, 0.4) is 0 Å². The lowest BCUT2D eigenvalue weighted by Gasteiger charge is -2.17.